The summed E-state index contributed by atoms with van der Waals surface area (Å²) in [6.45, 7) is 8.00. The normalized spacial score (nSPS) is 10.9. The van der Waals surface area contributed by atoms with Crippen LogP contribution in [0.1, 0.15) is 42.7 Å². The molecule has 2 N–H and O–H groups in total. The fraction of sp³-hybridized carbons (Fsp3) is 0.421. The molecule has 0 spiro atoms. The minimum Gasteiger partial charge on any atom is -0.481 e. The molecule has 0 bridgehead atoms. The highest BCUT2D eigenvalue weighted by Gasteiger charge is 2.20. The molecular formula is C19H24N2O3S. The average Bonchev–Trinajstić information content (AvgIpc) is 2.92. The Balaban J connectivity index is 2.38. The fourth-order valence-electron chi connectivity index (χ4n) is 2.64. The maximum atomic E-state index is 12.3. The number of aliphatic carboxylic acids is 1. The van der Waals surface area contributed by atoms with Crippen molar-refractivity contribution in [3.63, 3.8) is 0 Å². The number of rotatable bonds is 7. The topological polar surface area (TPSA) is 79.3 Å². The molecule has 0 saturated carbocycles. The first-order chi connectivity index (χ1) is 11.8. The van der Waals surface area contributed by atoms with E-state index >= 15 is 0 Å². The number of nitrogens with one attached hydrogen (secondary N) is 1. The monoisotopic (exact) mass is 360 g/mol. The molecule has 1 aromatic heterocycles. The lowest BCUT2D eigenvalue weighted by molar-refractivity contribution is -0.136. The number of hydrogen-bond donors (Lipinski definition) is 2. The van der Waals surface area contributed by atoms with E-state index in [1.165, 1.54) is 16.9 Å². The molecule has 0 aliphatic heterocycles. The molecule has 2 rings (SSSR count). The largest absolute Gasteiger partial charge is 0.481 e. The molecule has 0 aliphatic carbocycles. The van der Waals surface area contributed by atoms with Crippen LogP contribution in [0.3, 0.4) is 0 Å². The van der Waals surface area contributed by atoms with Crippen LogP contribution in [0.15, 0.2) is 18.2 Å². The van der Waals surface area contributed by atoms with Crippen LogP contribution in [-0.2, 0) is 16.0 Å². The summed E-state index contributed by atoms with van der Waals surface area (Å²) < 4.78 is 0. The summed E-state index contributed by atoms with van der Waals surface area (Å²) in [5.74, 6) is -1.03. The molecule has 1 aromatic carbocycles. The van der Waals surface area contributed by atoms with Crippen LogP contribution in [0, 0.1) is 19.8 Å². The number of nitrogens with zero attached hydrogens (tertiary/aromatic N) is 1. The van der Waals surface area contributed by atoms with Gasteiger partial charge in [-0.2, -0.15) is 0 Å². The number of thiazole rings is 1. The van der Waals surface area contributed by atoms with E-state index in [1.807, 2.05) is 45.9 Å². The second-order valence-electron chi connectivity index (χ2n) is 6.16. The van der Waals surface area contributed by atoms with Gasteiger partial charge in [-0.3, -0.25) is 9.59 Å². The van der Waals surface area contributed by atoms with Crippen LogP contribution in [0.5, 0.6) is 0 Å². The maximum absolute atomic E-state index is 12.3. The van der Waals surface area contributed by atoms with Gasteiger partial charge in [0, 0.05) is 16.4 Å². The van der Waals surface area contributed by atoms with Gasteiger partial charge in [0.1, 0.15) is 0 Å². The Bertz CT molecular complexity index is 779. The van der Waals surface area contributed by atoms with Crippen LogP contribution in [0.2, 0.25) is 0 Å². The third-order valence-corrected chi connectivity index (χ3v) is 5.35. The summed E-state index contributed by atoms with van der Waals surface area (Å²) in [6.07, 6.45) is 1.42. The second-order valence-corrected chi connectivity index (χ2v) is 7.25. The predicted octanol–water partition coefficient (Wildman–Crippen LogP) is 4.43. The summed E-state index contributed by atoms with van der Waals surface area (Å²) in [5.41, 5.74) is 3.80. The highest BCUT2D eigenvalue weighted by Crippen LogP contribution is 2.33. The Morgan fingerprint density at radius 3 is 2.44 bits per heavy atom. The SMILES string of the molecule is CCC(CC)C(=O)Nc1nc(-c2ccc(C)c(C)c2)c(CC(=O)O)s1. The third kappa shape index (κ3) is 4.66. The van der Waals surface area contributed by atoms with Gasteiger partial charge in [-0.15, -0.1) is 11.3 Å². The number of carboxylic acid groups (broad SMARTS) is 1. The van der Waals surface area contributed by atoms with Crippen molar-refractivity contribution >= 4 is 28.3 Å². The van der Waals surface area contributed by atoms with Crippen LogP contribution in [0.25, 0.3) is 11.3 Å². The lowest BCUT2D eigenvalue weighted by Crippen LogP contribution is -2.21. The van der Waals surface area contributed by atoms with E-state index in [1.54, 1.807) is 0 Å². The number of benzene rings is 1. The Kier molecular flexibility index (Phi) is 6.31. The van der Waals surface area contributed by atoms with E-state index in [4.69, 9.17) is 0 Å². The fourth-order valence-corrected chi connectivity index (χ4v) is 3.62. The summed E-state index contributed by atoms with van der Waals surface area (Å²) >= 11 is 1.24. The van der Waals surface area contributed by atoms with Gasteiger partial charge in [0.05, 0.1) is 12.1 Å². The van der Waals surface area contributed by atoms with Gasteiger partial charge < -0.3 is 10.4 Å². The molecule has 25 heavy (non-hydrogen) atoms. The minimum atomic E-state index is -0.911. The molecule has 1 heterocycles. The van der Waals surface area contributed by atoms with Crippen molar-refractivity contribution in [1.82, 2.24) is 4.98 Å². The van der Waals surface area contributed by atoms with Crippen molar-refractivity contribution in [3.05, 3.63) is 34.2 Å². The molecule has 0 saturated heterocycles. The van der Waals surface area contributed by atoms with Crippen LogP contribution in [-0.4, -0.2) is 22.0 Å². The molecule has 2 aromatic rings. The molecule has 5 nitrogen and oxygen atoms in total. The van der Waals surface area contributed by atoms with Crippen molar-refractivity contribution in [2.75, 3.05) is 5.32 Å². The van der Waals surface area contributed by atoms with Crippen LogP contribution < -0.4 is 5.32 Å². The zero-order valence-electron chi connectivity index (χ0n) is 15.0. The number of anilines is 1. The van der Waals surface area contributed by atoms with E-state index in [-0.39, 0.29) is 18.2 Å². The minimum absolute atomic E-state index is 0.0584. The lowest BCUT2D eigenvalue weighted by Gasteiger charge is -2.10. The average molecular weight is 360 g/mol. The number of amides is 1. The van der Waals surface area contributed by atoms with Crippen molar-refractivity contribution in [1.29, 1.82) is 0 Å². The van der Waals surface area contributed by atoms with Gasteiger partial charge in [0.2, 0.25) is 5.91 Å². The standard InChI is InChI=1S/C19H24N2O3S/c1-5-13(6-2)18(24)21-19-20-17(15(25-19)10-16(22)23)14-8-7-11(3)12(4)9-14/h7-9,13H,5-6,10H2,1-4H3,(H,22,23)(H,20,21,24). The van der Waals surface area contributed by atoms with Crippen LogP contribution in [0.4, 0.5) is 5.13 Å². The highest BCUT2D eigenvalue weighted by atomic mass is 32.1. The summed E-state index contributed by atoms with van der Waals surface area (Å²) in [7, 11) is 0. The van der Waals surface area contributed by atoms with Gasteiger partial charge in [-0.05, 0) is 43.9 Å². The van der Waals surface area contributed by atoms with E-state index in [2.05, 4.69) is 10.3 Å². The van der Waals surface area contributed by atoms with E-state index < -0.39 is 5.97 Å². The lowest BCUT2D eigenvalue weighted by atomic mass is 10.0. The van der Waals surface area contributed by atoms with Gasteiger partial charge >= 0.3 is 5.97 Å². The Morgan fingerprint density at radius 2 is 1.88 bits per heavy atom. The van der Waals surface area contributed by atoms with Crippen molar-refractivity contribution in [2.45, 2.75) is 47.0 Å². The maximum Gasteiger partial charge on any atom is 0.308 e. The Morgan fingerprint density at radius 1 is 1.20 bits per heavy atom. The quantitative estimate of drug-likeness (QED) is 0.765. The zero-order chi connectivity index (χ0) is 18.6. The van der Waals surface area contributed by atoms with Crippen molar-refractivity contribution in [2.24, 2.45) is 5.92 Å². The summed E-state index contributed by atoms with van der Waals surface area (Å²) in [4.78, 5) is 28.7. The number of carbonyl (C=O) groups excluding carboxylic acids is 1. The Hall–Kier alpha value is -2.21. The number of aromatic nitrogens is 1. The van der Waals surface area contributed by atoms with Gasteiger partial charge in [-0.1, -0.05) is 26.0 Å². The highest BCUT2D eigenvalue weighted by molar-refractivity contribution is 7.16. The van der Waals surface area contributed by atoms with Crippen LogP contribution >= 0.6 is 11.3 Å². The molecule has 134 valence electrons. The molecule has 1 amide bonds. The molecule has 0 unspecified atom stereocenters. The van der Waals surface area contributed by atoms with Gasteiger partial charge in [0.25, 0.3) is 0 Å². The Labute approximate surface area is 152 Å². The molecule has 0 radical (unpaired) electrons. The van der Waals surface area contributed by atoms with Crippen molar-refractivity contribution in [3.8, 4) is 11.3 Å². The van der Waals surface area contributed by atoms with Gasteiger partial charge in [-0.25, -0.2) is 4.98 Å². The third-order valence-electron chi connectivity index (χ3n) is 4.38. The van der Waals surface area contributed by atoms with Gasteiger partial charge in [0.15, 0.2) is 5.13 Å². The predicted molar refractivity (Wildman–Crippen MR) is 101 cm³/mol. The zero-order valence-corrected chi connectivity index (χ0v) is 15.9. The number of hydrogen-bond acceptors (Lipinski definition) is 4. The first kappa shape index (κ1) is 19.1. The molecular weight excluding hydrogens is 336 g/mol. The summed E-state index contributed by atoms with van der Waals surface area (Å²) in [5, 5.41) is 12.5. The second kappa shape index (κ2) is 8.25. The number of aryl methyl sites for hydroxylation is 2. The first-order valence-electron chi connectivity index (χ1n) is 8.45. The van der Waals surface area contributed by atoms with E-state index in [9.17, 15) is 14.7 Å². The van der Waals surface area contributed by atoms with Crippen molar-refractivity contribution < 1.29 is 14.7 Å². The molecule has 6 heteroatoms. The number of carbonyl (C=O) groups is 2. The number of carboxylic acids is 1. The smallest absolute Gasteiger partial charge is 0.308 e. The molecule has 0 fully saturated rings. The van der Waals surface area contributed by atoms with E-state index in [0.717, 1.165) is 24.0 Å². The first-order valence-corrected chi connectivity index (χ1v) is 9.27. The summed E-state index contributed by atoms with van der Waals surface area (Å²) in [6, 6.07) is 5.94. The molecule has 0 aliphatic rings. The molecule has 0 atom stereocenters. The van der Waals surface area contributed by atoms with E-state index in [0.29, 0.717) is 15.7 Å².